The smallest absolute Gasteiger partial charge is 0.357 e. The van der Waals surface area contributed by atoms with Gasteiger partial charge in [-0.25, -0.2) is 9.20 Å². The number of nitrogens with zero attached hydrogens (tertiary/aromatic N) is 5. The van der Waals surface area contributed by atoms with E-state index in [1.165, 1.54) is 4.40 Å². The van der Waals surface area contributed by atoms with E-state index in [-0.39, 0.29) is 5.95 Å². The number of anilines is 1. The molecule has 0 unspecified atom stereocenters. The second-order valence-electron chi connectivity index (χ2n) is 3.83. The molecule has 0 aliphatic carbocycles. The molecule has 0 bridgehead atoms. The highest BCUT2D eigenvalue weighted by Crippen LogP contribution is 2.00. The van der Waals surface area contributed by atoms with Gasteiger partial charge in [0.2, 0.25) is 11.7 Å². The van der Waals surface area contributed by atoms with E-state index in [9.17, 15) is 4.79 Å². The highest BCUT2D eigenvalue weighted by atomic mass is 16.1. The number of nitrogens with two attached hydrogens (primary N) is 1. The van der Waals surface area contributed by atoms with Crippen LogP contribution in [0.4, 0.5) is 5.95 Å². The number of hydrogen-bond donors (Lipinski definition) is 1. The van der Waals surface area contributed by atoms with Crippen LogP contribution in [0.1, 0.15) is 0 Å². The molecule has 7 heteroatoms. The predicted octanol–water partition coefficient (Wildman–Crippen LogP) is -0.965. The number of imidazole rings is 1. The summed E-state index contributed by atoms with van der Waals surface area (Å²) in [6, 6.07) is 0. The van der Waals surface area contributed by atoms with Gasteiger partial charge in [0.1, 0.15) is 0 Å². The lowest BCUT2D eigenvalue weighted by molar-refractivity contribution is 0.386. The molecule has 0 atom stereocenters. The van der Waals surface area contributed by atoms with E-state index in [2.05, 4.69) is 14.9 Å². The van der Waals surface area contributed by atoms with E-state index in [0.29, 0.717) is 5.78 Å². The summed E-state index contributed by atoms with van der Waals surface area (Å²) in [6.45, 7) is 1.61. The second-order valence-corrected chi connectivity index (χ2v) is 3.83. The lowest BCUT2D eigenvalue weighted by Gasteiger charge is -2.10. The van der Waals surface area contributed by atoms with Crippen LogP contribution in [0.15, 0.2) is 17.2 Å². The van der Waals surface area contributed by atoms with E-state index >= 15 is 0 Å². The molecular weight excluding hydrogens is 208 g/mol. The van der Waals surface area contributed by atoms with Gasteiger partial charge in [-0.2, -0.15) is 9.97 Å². The zero-order chi connectivity index (χ0) is 11.7. The molecule has 0 aliphatic heterocycles. The van der Waals surface area contributed by atoms with Crippen molar-refractivity contribution >= 4 is 11.7 Å². The minimum atomic E-state index is -0.397. The van der Waals surface area contributed by atoms with Crippen LogP contribution in [0.25, 0.3) is 5.78 Å². The number of likely N-dealkylation sites (N-methyl/N-ethyl adjacent to an activating group) is 1. The molecule has 2 aromatic rings. The number of fused-ring (bicyclic) bond motifs is 1. The third-order valence-corrected chi connectivity index (χ3v) is 2.29. The molecule has 0 aromatic carbocycles. The average Bonchev–Trinajstić information content (AvgIpc) is 2.58. The van der Waals surface area contributed by atoms with E-state index in [1.54, 1.807) is 12.4 Å². The highest BCUT2D eigenvalue weighted by molar-refractivity contribution is 5.34. The van der Waals surface area contributed by atoms with Crippen molar-refractivity contribution in [1.29, 1.82) is 0 Å². The summed E-state index contributed by atoms with van der Waals surface area (Å²) in [7, 11) is 3.97. The van der Waals surface area contributed by atoms with Gasteiger partial charge >= 0.3 is 5.69 Å². The molecule has 0 saturated heterocycles. The zero-order valence-corrected chi connectivity index (χ0v) is 9.29. The maximum atomic E-state index is 11.5. The maximum absolute atomic E-state index is 11.5. The van der Waals surface area contributed by atoms with Crippen LogP contribution in [-0.4, -0.2) is 44.5 Å². The van der Waals surface area contributed by atoms with E-state index < -0.39 is 5.69 Å². The first-order valence-electron chi connectivity index (χ1n) is 4.93. The van der Waals surface area contributed by atoms with Gasteiger partial charge in [0, 0.05) is 25.5 Å². The first kappa shape index (κ1) is 10.6. The van der Waals surface area contributed by atoms with Crippen LogP contribution in [0.5, 0.6) is 0 Å². The Labute approximate surface area is 92.1 Å². The number of aromatic nitrogens is 4. The monoisotopic (exact) mass is 222 g/mol. The van der Waals surface area contributed by atoms with E-state index in [0.717, 1.165) is 13.1 Å². The fraction of sp³-hybridized carbons (Fsp3) is 0.444. The van der Waals surface area contributed by atoms with E-state index in [4.69, 9.17) is 5.73 Å². The van der Waals surface area contributed by atoms with Gasteiger partial charge in [-0.1, -0.05) is 0 Å². The molecule has 2 rings (SSSR count). The van der Waals surface area contributed by atoms with Crippen LogP contribution < -0.4 is 11.4 Å². The summed E-state index contributed by atoms with van der Waals surface area (Å²) in [5.74, 6) is 0.536. The van der Waals surface area contributed by atoms with Crippen LogP contribution in [0.2, 0.25) is 0 Å². The van der Waals surface area contributed by atoms with Gasteiger partial charge in [0.25, 0.3) is 0 Å². The Morgan fingerprint density at radius 3 is 2.81 bits per heavy atom. The van der Waals surface area contributed by atoms with E-state index in [1.807, 2.05) is 18.7 Å². The Hall–Kier alpha value is -1.89. The Morgan fingerprint density at radius 1 is 1.38 bits per heavy atom. The molecule has 0 radical (unpaired) electrons. The molecule has 7 nitrogen and oxygen atoms in total. The van der Waals surface area contributed by atoms with Crippen LogP contribution in [0, 0.1) is 0 Å². The Balaban J connectivity index is 2.44. The molecule has 2 heterocycles. The number of nitrogen functional groups attached to an aromatic ring is 1. The summed E-state index contributed by atoms with van der Waals surface area (Å²) in [5, 5.41) is 0. The van der Waals surface area contributed by atoms with Crippen LogP contribution in [0.3, 0.4) is 0 Å². The quantitative estimate of drug-likeness (QED) is 0.723. The van der Waals surface area contributed by atoms with Crippen LogP contribution in [-0.2, 0) is 6.54 Å². The first-order valence-corrected chi connectivity index (χ1v) is 4.93. The largest absolute Gasteiger partial charge is 0.368 e. The van der Waals surface area contributed by atoms with Gasteiger partial charge in [0.15, 0.2) is 0 Å². The van der Waals surface area contributed by atoms with Gasteiger partial charge < -0.3 is 15.2 Å². The lowest BCUT2D eigenvalue weighted by atomic mass is 10.5. The zero-order valence-electron chi connectivity index (χ0n) is 9.29. The molecule has 16 heavy (non-hydrogen) atoms. The number of rotatable bonds is 3. The molecule has 2 aromatic heterocycles. The molecular formula is C9H14N6O. The Kier molecular flexibility index (Phi) is 2.61. The minimum absolute atomic E-state index is 0.00908. The third-order valence-electron chi connectivity index (χ3n) is 2.29. The summed E-state index contributed by atoms with van der Waals surface area (Å²) >= 11 is 0. The average molecular weight is 222 g/mol. The van der Waals surface area contributed by atoms with Gasteiger partial charge in [-0.05, 0) is 14.1 Å². The molecule has 86 valence electrons. The van der Waals surface area contributed by atoms with Crippen molar-refractivity contribution in [3.05, 3.63) is 22.9 Å². The predicted molar refractivity (Wildman–Crippen MR) is 60.2 cm³/mol. The molecule has 0 spiro atoms. The minimum Gasteiger partial charge on any atom is -0.368 e. The van der Waals surface area contributed by atoms with Crippen molar-refractivity contribution < 1.29 is 0 Å². The summed E-state index contributed by atoms with van der Waals surface area (Å²) in [5.41, 5.74) is 5.05. The SMILES string of the molecule is CN(C)CCn1ccn2c(=O)nc(N)nc12. The molecule has 0 amide bonds. The molecule has 0 saturated carbocycles. The topological polar surface area (TPSA) is 81.5 Å². The molecule has 0 fully saturated rings. The fourth-order valence-electron chi connectivity index (χ4n) is 1.45. The van der Waals surface area contributed by atoms with Crippen molar-refractivity contribution in [2.24, 2.45) is 0 Å². The number of hydrogen-bond acceptors (Lipinski definition) is 5. The second kappa shape index (κ2) is 3.93. The third kappa shape index (κ3) is 1.89. The van der Waals surface area contributed by atoms with Crippen molar-refractivity contribution in [3.63, 3.8) is 0 Å². The Bertz CT molecular complexity index is 555. The van der Waals surface area contributed by atoms with Crippen molar-refractivity contribution in [3.8, 4) is 0 Å². The Morgan fingerprint density at radius 2 is 2.12 bits per heavy atom. The summed E-state index contributed by atoms with van der Waals surface area (Å²) in [6.07, 6.45) is 3.45. The lowest BCUT2D eigenvalue weighted by Crippen LogP contribution is -2.22. The summed E-state index contributed by atoms with van der Waals surface area (Å²) < 4.78 is 3.26. The highest BCUT2D eigenvalue weighted by Gasteiger charge is 2.06. The molecule has 2 N–H and O–H groups in total. The molecule has 0 aliphatic rings. The van der Waals surface area contributed by atoms with Crippen LogP contribution >= 0.6 is 0 Å². The van der Waals surface area contributed by atoms with Crippen molar-refractivity contribution in [2.75, 3.05) is 26.4 Å². The van der Waals surface area contributed by atoms with Crippen molar-refractivity contribution in [2.45, 2.75) is 6.54 Å². The van der Waals surface area contributed by atoms with Gasteiger partial charge in [-0.15, -0.1) is 0 Å². The van der Waals surface area contributed by atoms with Crippen molar-refractivity contribution in [1.82, 2.24) is 23.8 Å². The van der Waals surface area contributed by atoms with Gasteiger partial charge in [0.05, 0.1) is 0 Å². The first-order chi connectivity index (χ1) is 7.58. The maximum Gasteiger partial charge on any atom is 0.357 e. The summed E-state index contributed by atoms with van der Waals surface area (Å²) in [4.78, 5) is 21.1. The standard InChI is InChI=1S/C9H14N6O/c1-13(2)3-4-14-5-6-15-8(14)11-7(10)12-9(15)16/h5-6H,3-4H2,1-2H3,(H2,10,12,16). The normalized spacial score (nSPS) is 11.4. The van der Waals surface area contributed by atoms with Gasteiger partial charge in [-0.3, -0.25) is 0 Å². The fourth-order valence-corrected chi connectivity index (χ4v) is 1.45.